The van der Waals surface area contributed by atoms with Gasteiger partial charge in [-0.2, -0.15) is 0 Å². The summed E-state index contributed by atoms with van der Waals surface area (Å²) in [5, 5.41) is 4.99. The Balaban J connectivity index is 1.12. The van der Waals surface area contributed by atoms with E-state index < -0.39 is 51.1 Å². The normalized spacial score (nSPS) is 35.9. The highest BCUT2D eigenvalue weighted by molar-refractivity contribution is 6.06. The van der Waals surface area contributed by atoms with E-state index >= 15 is 0 Å². The summed E-state index contributed by atoms with van der Waals surface area (Å²) in [6.45, 7) is 12.2. The number of benzene rings is 2. The van der Waals surface area contributed by atoms with Gasteiger partial charge in [-0.05, 0) is 78.4 Å². The van der Waals surface area contributed by atoms with Gasteiger partial charge in [0.05, 0.1) is 58.7 Å². The third-order valence-electron chi connectivity index (χ3n) is 10.9. The third-order valence-corrected chi connectivity index (χ3v) is 10.9. The van der Waals surface area contributed by atoms with Crippen LogP contribution in [0.1, 0.15) is 78.4 Å². The highest BCUT2D eigenvalue weighted by Gasteiger charge is 2.73. The van der Waals surface area contributed by atoms with Crippen molar-refractivity contribution in [2.75, 3.05) is 0 Å². The van der Waals surface area contributed by atoms with E-state index in [1.54, 1.807) is 0 Å². The Labute approximate surface area is 259 Å². The van der Waals surface area contributed by atoms with Crippen LogP contribution in [0, 0.1) is 10.8 Å². The minimum Gasteiger partial charge on any atom is -0.371 e. The van der Waals surface area contributed by atoms with Crippen LogP contribution in [0.3, 0.4) is 0 Å². The molecule has 2 saturated heterocycles. The SMILES string of the molecule is CC12CC(C(=O)NC(=O)NC(=O)C34CC(OCc5ccccc5)C(C)(C3)OC4(C)C)(CC1OCc1ccccc1)C(C)(C)O2. The average molecular weight is 605 g/mol. The van der Waals surface area contributed by atoms with Gasteiger partial charge in [0, 0.05) is 0 Å². The fraction of sp³-hybridized carbons (Fsp3) is 0.571. The van der Waals surface area contributed by atoms with E-state index in [1.165, 1.54) is 0 Å². The maximum Gasteiger partial charge on any atom is 0.328 e. The minimum atomic E-state index is -1.00. The van der Waals surface area contributed by atoms with Crippen molar-refractivity contribution in [2.24, 2.45) is 10.8 Å². The van der Waals surface area contributed by atoms with E-state index in [2.05, 4.69) is 10.6 Å². The van der Waals surface area contributed by atoms with E-state index in [1.807, 2.05) is 102 Å². The molecule has 6 atom stereocenters. The molecule has 2 aliphatic heterocycles. The molecule has 4 fully saturated rings. The Hall–Kier alpha value is -3.11. The van der Waals surface area contributed by atoms with Gasteiger partial charge in [0.1, 0.15) is 0 Å². The van der Waals surface area contributed by atoms with Crippen molar-refractivity contribution in [3.05, 3.63) is 71.8 Å². The Kier molecular flexibility index (Phi) is 7.36. The molecule has 44 heavy (non-hydrogen) atoms. The Morgan fingerprint density at radius 2 is 1.02 bits per heavy atom. The lowest BCUT2D eigenvalue weighted by molar-refractivity contribution is -0.202. The summed E-state index contributed by atoms with van der Waals surface area (Å²) in [4.78, 5) is 41.0. The monoisotopic (exact) mass is 604 g/mol. The molecule has 2 aromatic carbocycles. The highest BCUT2D eigenvalue weighted by Crippen LogP contribution is 2.63. The lowest BCUT2D eigenvalue weighted by Crippen LogP contribution is -2.60. The van der Waals surface area contributed by atoms with Gasteiger partial charge in [-0.3, -0.25) is 20.2 Å². The number of hydrogen-bond donors (Lipinski definition) is 2. The summed E-state index contributed by atoms with van der Waals surface area (Å²) in [6.07, 6.45) is 0.961. The van der Waals surface area contributed by atoms with Gasteiger partial charge in [-0.25, -0.2) is 4.79 Å². The average Bonchev–Trinajstić information content (AvgIpc) is 3.57. The van der Waals surface area contributed by atoms with Crippen molar-refractivity contribution in [3.8, 4) is 0 Å². The predicted octanol–water partition coefficient (Wildman–Crippen LogP) is 5.21. The lowest BCUT2D eigenvalue weighted by atomic mass is 9.72. The second-order valence-corrected chi connectivity index (χ2v) is 14.6. The van der Waals surface area contributed by atoms with E-state index in [0.717, 1.165) is 11.1 Å². The zero-order chi connectivity index (χ0) is 31.6. The standard InChI is InChI=1S/C35H44N2O7/c1-30(2)34(17-25(32(5,21-34)43-30)41-19-23-13-9-7-10-14-23)27(38)36-29(40)37-28(39)35-18-26(33(6,22-35)44-31(35,3)4)42-20-24-15-11-8-12-16-24/h7-16,25-26H,17-22H2,1-6H3,(H2,36,37,38,39,40). The maximum atomic E-state index is 13.9. The molecule has 0 spiro atoms. The van der Waals surface area contributed by atoms with Crippen molar-refractivity contribution >= 4 is 17.8 Å². The zero-order valence-electron chi connectivity index (χ0n) is 26.5. The highest BCUT2D eigenvalue weighted by atomic mass is 16.6. The van der Waals surface area contributed by atoms with Crippen LogP contribution in [0.25, 0.3) is 0 Å². The van der Waals surface area contributed by atoms with Crippen molar-refractivity contribution in [3.63, 3.8) is 0 Å². The summed E-state index contributed by atoms with van der Waals surface area (Å²) in [5.74, 6) is -0.941. The second-order valence-electron chi connectivity index (χ2n) is 14.6. The van der Waals surface area contributed by atoms with Gasteiger partial charge in [-0.15, -0.1) is 0 Å². The van der Waals surface area contributed by atoms with Gasteiger partial charge in [0.2, 0.25) is 11.8 Å². The molecule has 4 bridgehead atoms. The smallest absolute Gasteiger partial charge is 0.328 e. The van der Waals surface area contributed by atoms with Crippen molar-refractivity contribution in [1.82, 2.24) is 10.6 Å². The molecular formula is C35H44N2O7. The fourth-order valence-electron chi connectivity index (χ4n) is 8.50. The second kappa shape index (κ2) is 10.5. The summed E-state index contributed by atoms with van der Waals surface area (Å²) < 4.78 is 25.4. The van der Waals surface area contributed by atoms with Gasteiger partial charge in [0.25, 0.3) is 0 Å². The molecule has 2 aliphatic carbocycles. The summed E-state index contributed by atoms with van der Waals surface area (Å²) in [5.41, 5.74) is -2.98. The molecule has 4 amide bonds. The zero-order valence-corrected chi connectivity index (χ0v) is 26.5. The molecule has 0 radical (unpaired) electrons. The molecule has 6 rings (SSSR count). The van der Waals surface area contributed by atoms with Crippen LogP contribution in [-0.4, -0.2) is 52.5 Å². The first-order valence-electron chi connectivity index (χ1n) is 15.5. The molecule has 2 saturated carbocycles. The lowest BCUT2D eigenvalue weighted by Gasteiger charge is -2.44. The molecule has 9 nitrogen and oxygen atoms in total. The van der Waals surface area contributed by atoms with Crippen LogP contribution in [0.15, 0.2) is 60.7 Å². The summed E-state index contributed by atoms with van der Waals surface area (Å²) in [6, 6.07) is 18.8. The number of imide groups is 2. The van der Waals surface area contributed by atoms with Crippen molar-refractivity contribution < 1.29 is 33.3 Å². The number of carbonyl (C=O) groups excluding carboxylic acids is 3. The first-order valence-corrected chi connectivity index (χ1v) is 15.5. The van der Waals surface area contributed by atoms with E-state index in [4.69, 9.17) is 18.9 Å². The molecule has 0 aromatic heterocycles. The molecule has 2 heterocycles. The van der Waals surface area contributed by atoms with E-state index in [0.29, 0.717) is 38.9 Å². The molecule has 6 unspecified atom stereocenters. The molecular weight excluding hydrogens is 560 g/mol. The van der Waals surface area contributed by atoms with Gasteiger partial charge in [-0.1, -0.05) is 60.7 Å². The van der Waals surface area contributed by atoms with E-state index in [9.17, 15) is 14.4 Å². The quantitative estimate of drug-likeness (QED) is 0.426. The first kappa shape index (κ1) is 30.9. The van der Waals surface area contributed by atoms with Gasteiger partial charge >= 0.3 is 6.03 Å². The molecule has 4 aliphatic rings. The van der Waals surface area contributed by atoms with Crippen LogP contribution < -0.4 is 10.6 Å². The predicted molar refractivity (Wildman–Crippen MR) is 162 cm³/mol. The third kappa shape index (κ3) is 4.89. The Morgan fingerprint density at radius 3 is 1.39 bits per heavy atom. The van der Waals surface area contributed by atoms with Crippen LogP contribution in [0.2, 0.25) is 0 Å². The van der Waals surface area contributed by atoms with Crippen LogP contribution >= 0.6 is 0 Å². The number of carbonyl (C=O) groups is 3. The van der Waals surface area contributed by atoms with Gasteiger partial charge in [0.15, 0.2) is 0 Å². The number of fused-ring (bicyclic) bond motifs is 4. The minimum absolute atomic E-state index is 0.328. The summed E-state index contributed by atoms with van der Waals surface area (Å²) >= 11 is 0. The number of rotatable bonds is 8. The fourth-order valence-corrected chi connectivity index (χ4v) is 8.50. The molecule has 2 aromatic rings. The number of amides is 4. The number of nitrogens with one attached hydrogen (secondary N) is 2. The summed E-state index contributed by atoms with van der Waals surface area (Å²) in [7, 11) is 0. The van der Waals surface area contributed by atoms with Crippen LogP contribution in [-0.2, 0) is 41.8 Å². The maximum absolute atomic E-state index is 13.9. The topological polar surface area (TPSA) is 112 Å². The largest absolute Gasteiger partial charge is 0.371 e. The van der Waals surface area contributed by atoms with Crippen LogP contribution in [0.5, 0.6) is 0 Å². The Morgan fingerprint density at radius 1 is 0.659 bits per heavy atom. The Bertz CT molecular complexity index is 1340. The van der Waals surface area contributed by atoms with Crippen molar-refractivity contribution in [1.29, 1.82) is 0 Å². The van der Waals surface area contributed by atoms with E-state index in [-0.39, 0.29) is 12.2 Å². The molecule has 236 valence electrons. The molecule has 9 heteroatoms. The van der Waals surface area contributed by atoms with Crippen LogP contribution in [0.4, 0.5) is 4.79 Å². The van der Waals surface area contributed by atoms with Crippen molar-refractivity contribution in [2.45, 2.75) is 115 Å². The molecule has 2 N–H and O–H groups in total. The number of hydrogen-bond acceptors (Lipinski definition) is 7. The van der Waals surface area contributed by atoms with Gasteiger partial charge < -0.3 is 18.9 Å². The number of ether oxygens (including phenoxy) is 4. The number of urea groups is 1. The first-order chi connectivity index (χ1) is 20.6.